The Morgan fingerprint density at radius 3 is 2.68 bits per heavy atom. The van der Waals surface area contributed by atoms with Crippen LogP contribution in [0.15, 0.2) is 0 Å². The lowest BCUT2D eigenvalue weighted by atomic mass is 10.0. The third kappa shape index (κ3) is 4.68. The first kappa shape index (κ1) is 14.6. The summed E-state index contributed by atoms with van der Waals surface area (Å²) in [6.45, 7) is 10.7. The lowest BCUT2D eigenvalue weighted by Gasteiger charge is -2.31. The van der Waals surface area contributed by atoms with Crippen molar-refractivity contribution in [1.29, 1.82) is 0 Å². The highest BCUT2D eigenvalue weighted by atomic mass is 16.2. The van der Waals surface area contributed by atoms with E-state index in [-0.39, 0.29) is 6.03 Å². The van der Waals surface area contributed by atoms with Crippen LogP contribution in [0, 0.1) is 11.8 Å². The largest absolute Gasteiger partial charge is 0.338 e. The predicted molar refractivity (Wildman–Crippen MR) is 78.2 cm³/mol. The Hall–Kier alpha value is -0.770. The van der Waals surface area contributed by atoms with Gasteiger partial charge >= 0.3 is 6.03 Å². The van der Waals surface area contributed by atoms with E-state index in [9.17, 15) is 4.79 Å². The van der Waals surface area contributed by atoms with E-state index in [1.807, 2.05) is 4.90 Å². The number of hydrogen-bond donors (Lipinski definition) is 1. The summed E-state index contributed by atoms with van der Waals surface area (Å²) < 4.78 is 0. The number of carbonyl (C=O) groups is 1. The van der Waals surface area contributed by atoms with E-state index in [0.717, 1.165) is 32.6 Å². The fraction of sp³-hybridized carbons (Fsp3) is 0.933. The molecule has 2 unspecified atom stereocenters. The Kier molecular flexibility index (Phi) is 5.49. The van der Waals surface area contributed by atoms with E-state index in [1.165, 1.54) is 32.4 Å². The lowest BCUT2D eigenvalue weighted by Crippen LogP contribution is -2.46. The SMILES string of the molecule is CC(CNC(=O)N1CCCC(C)C1)CN1CCCC1. The molecule has 0 bridgehead atoms. The number of nitrogens with one attached hydrogen (secondary N) is 1. The molecule has 4 nitrogen and oxygen atoms in total. The fourth-order valence-corrected chi connectivity index (χ4v) is 3.22. The van der Waals surface area contributed by atoms with Gasteiger partial charge in [0.05, 0.1) is 0 Å². The topological polar surface area (TPSA) is 35.6 Å². The summed E-state index contributed by atoms with van der Waals surface area (Å²) in [5, 5.41) is 3.11. The number of carbonyl (C=O) groups excluding carboxylic acids is 1. The van der Waals surface area contributed by atoms with Gasteiger partial charge in [-0.2, -0.15) is 0 Å². The number of piperidine rings is 1. The van der Waals surface area contributed by atoms with Crippen LogP contribution in [0.1, 0.15) is 39.5 Å². The van der Waals surface area contributed by atoms with Crippen molar-refractivity contribution in [2.24, 2.45) is 11.8 Å². The summed E-state index contributed by atoms with van der Waals surface area (Å²) >= 11 is 0. The molecule has 0 aromatic heterocycles. The van der Waals surface area contributed by atoms with Crippen LogP contribution in [0.25, 0.3) is 0 Å². The first-order valence-electron chi connectivity index (χ1n) is 7.90. The molecular weight excluding hydrogens is 238 g/mol. The zero-order chi connectivity index (χ0) is 13.7. The van der Waals surface area contributed by atoms with Gasteiger partial charge in [0.15, 0.2) is 0 Å². The summed E-state index contributed by atoms with van der Waals surface area (Å²) in [6.07, 6.45) is 5.09. The second-order valence-corrected chi connectivity index (χ2v) is 6.49. The Bertz CT molecular complexity index is 289. The minimum Gasteiger partial charge on any atom is -0.338 e. The first-order chi connectivity index (χ1) is 9.15. The molecular formula is C15H29N3O. The molecule has 2 aliphatic rings. The molecule has 2 aliphatic heterocycles. The molecule has 4 heteroatoms. The number of nitrogens with zero attached hydrogens (tertiary/aromatic N) is 2. The Morgan fingerprint density at radius 2 is 2.00 bits per heavy atom. The summed E-state index contributed by atoms with van der Waals surface area (Å²) in [6, 6.07) is 0.139. The first-order valence-corrected chi connectivity index (χ1v) is 7.90. The number of likely N-dealkylation sites (tertiary alicyclic amines) is 2. The molecule has 0 aromatic rings. The highest BCUT2D eigenvalue weighted by molar-refractivity contribution is 5.74. The Labute approximate surface area is 117 Å². The van der Waals surface area contributed by atoms with Crippen molar-refractivity contribution in [3.63, 3.8) is 0 Å². The van der Waals surface area contributed by atoms with Crippen molar-refractivity contribution in [3.05, 3.63) is 0 Å². The summed E-state index contributed by atoms with van der Waals surface area (Å²) in [5.74, 6) is 1.20. The minimum absolute atomic E-state index is 0.139. The average Bonchev–Trinajstić information content (AvgIpc) is 2.88. The van der Waals surface area contributed by atoms with Crippen LogP contribution in [0.2, 0.25) is 0 Å². The van der Waals surface area contributed by atoms with Crippen molar-refractivity contribution in [2.45, 2.75) is 39.5 Å². The Balaban J connectivity index is 1.64. The van der Waals surface area contributed by atoms with Crippen LogP contribution in [0.4, 0.5) is 4.79 Å². The lowest BCUT2D eigenvalue weighted by molar-refractivity contribution is 0.167. The van der Waals surface area contributed by atoms with Gasteiger partial charge in [-0.25, -0.2) is 4.79 Å². The molecule has 2 amide bonds. The number of amides is 2. The molecule has 0 aromatic carbocycles. The highest BCUT2D eigenvalue weighted by Crippen LogP contribution is 2.15. The van der Waals surface area contributed by atoms with Crippen molar-refractivity contribution < 1.29 is 4.79 Å². The van der Waals surface area contributed by atoms with E-state index < -0.39 is 0 Å². The van der Waals surface area contributed by atoms with Gasteiger partial charge in [0.1, 0.15) is 0 Å². The van der Waals surface area contributed by atoms with Crippen LogP contribution >= 0.6 is 0 Å². The van der Waals surface area contributed by atoms with Gasteiger partial charge < -0.3 is 15.1 Å². The molecule has 1 N–H and O–H groups in total. The van der Waals surface area contributed by atoms with Crippen LogP contribution in [0.5, 0.6) is 0 Å². The zero-order valence-corrected chi connectivity index (χ0v) is 12.5. The van der Waals surface area contributed by atoms with Crippen LogP contribution in [0.3, 0.4) is 0 Å². The van der Waals surface area contributed by atoms with Crippen molar-refractivity contribution in [2.75, 3.05) is 39.3 Å². The van der Waals surface area contributed by atoms with Gasteiger partial charge in [0, 0.05) is 26.2 Å². The Morgan fingerprint density at radius 1 is 1.26 bits per heavy atom. The molecule has 0 saturated carbocycles. The summed E-state index contributed by atoms with van der Waals surface area (Å²) in [5.41, 5.74) is 0. The standard InChI is InChI=1S/C15H29N3O/c1-13-6-5-9-18(12-13)15(19)16-10-14(2)11-17-7-3-4-8-17/h13-14H,3-12H2,1-2H3,(H,16,19). The molecule has 2 heterocycles. The zero-order valence-electron chi connectivity index (χ0n) is 12.5. The third-order valence-corrected chi connectivity index (χ3v) is 4.31. The second-order valence-electron chi connectivity index (χ2n) is 6.49. The maximum Gasteiger partial charge on any atom is 0.317 e. The van der Waals surface area contributed by atoms with Crippen LogP contribution < -0.4 is 5.32 Å². The van der Waals surface area contributed by atoms with Gasteiger partial charge in [0.25, 0.3) is 0 Å². The molecule has 0 aliphatic carbocycles. The molecule has 2 saturated heterocycles. The van der Waals surface area contributed by atoms with Gasteiger partial charge in [-0.15, -0.1) is 0 Å². The van der Waals surface area contributed by atoms with Crippen LogP contribution in [-0.4, -0.2) is 55.1 Å². The third-order valence-electron chi connectivity index (χ3n) is 4.31. The summed E-state index contributed by atoms with van der Waals surface area (Å²) in [4.78, 5) is 16.6. The molecule has 19 heavy (non-hydrogen) atoms. The molecule has 110 valence electrons. The molecule has 0 spiro atoms. The van der Waals surface area contributed by atoms with E-state index >= 15 is 0 Å². The molecule has 2 atom stereocenters. The molecule has 0 radical (unpaired) electrons. The van der Waals surface area contributed by atoms with E-state index in [2.05, 4.69) is 24.1 Å². The number of hydrogen-bond acceptors (Lipinski definition) is 2. The highest BCUT2D eigenvalue weighted by Gasteiger charge is 2.21. The maximum atomic E-state index is 12.1. The van der Waals surface area contributed by atoms with Gasteiger partial charge in [-0.3, -0.25) is 0 Å². The van der Waals surface area contributed by atoms with Crippen LogP contribution in [-0.2, 0) is 0 Å². The minimum atomic E-state index is 0.139. The van der Waals surface area contributed by atoms with E-state index in [4.69, 9.17) is 0 Å². The van der Waals surface area contributed by atoms with Gasteiger partial charge in [-0.05, 0) is 50.6 Å². The van der Waals surface area contributed by atoms with E-state index in [0.29, 0.717) is 11.8 Å². The smallest absolute Gasteiger partial charge is 0.317 e. The molecule has 2 rings (SSSR count). The predicted octanol–water partition coefficient (Wildman–Crippen LogP) is 2.16. The summed E-state index contributed by atoms with van der Waals surface area (Å²) in [7, 11) is 0. The normalized spacial score (nSPS) is 26.4. The fourth-order valence-electron chi connectivity index (χ4n) is 3.22. The van der Waals surface area contributed by atoms with Gasteiger partial charge in [-0.1, -0.05) is 13.8 Å². The monoisotopic (exact) mass is 267 g/mol. The van der Waals surface area contributed by atoms with Crippen molar-refractivity contribution >= 4 is 6.03 Å². The quantitative estimate of drug-likeness (QED) is 0.847. The average molecular weight is 267 g/mol. The molecule has 2 fully saturated rings. The van der Waals surface area contributed by atoms with Crippen molar-refractivity contribution in [3.8, 4) is 0 Å². The number of urea groups is 1. The van der Waals surface area contributed by atoms with Crippen molar-refractivity contribution in [1.82, 2.24) is 15.1 Å². The van der Waals surface area contributed by atoms with Gasteiger partial charge in [0.2, 0.25) is 0 Å². The second kappa shape index (κ2) is 7.13. The van der Waals surface area contributed by atoms with E-state index in [1.54, 1.807) is 0 Å². The number of rotatable bonds is 4. The maximum absolute atomic E-state index is 12.1.